The van der Waals surface area contributed by atoms with Crippen LogP contribution in [0.1, 0.15) is 22.3 Å². The summed E-state index contributed by atoms with van der Waals surface area (Å²) in [5.41, 5.74) is 17.6. The molecule has 0 unspecified atom stereocenters. The lowest BCUT2D eigenvalue weighted by Gasteiger charge is -2.31. The summed E-state index contributed by atoms with van der Waals surface area (Å²) in [6, 6.07) is 78.1. The van der Waals surface area contributed by atoms with Crippen molar-refractivity contribution in [1.29, 1.82) is 0 Å². The van der Waals surface area contributed by atoms with Crippen molar-refractivity contribution in [1.82, 2.24) is 0 Å². The fourth-order valence-corrected chi connectivity index (χ4v) is 10.4. The highest BCUT2D eigenvalue weighted by Crippen LogP contribution is 2.63. The molecule has 0 radical (unpaired) electrons. The van der Waals surface area contributed by atoms with Crippen LogP contribution in [-0.4, -0.2) is 0 Å². The first kappa shape index (κ1) is 32.4. The van der Waals surface area contributed by atoms with Crippen LogP contribution >= 0.6 is 0 Å². The molecule has 0 N–H and O–H groups in total. The molecule has 274 valence electrons. The van der Waals surface area contributed by atoms with Crippen LogP contribution in [0, 0.1) is 0 Å². The molecule has 0 fully saturated rings. The first-order valence-electron chi connectivity index (χ1n) is 20.4. The molecule has 1 heterocycles. The molecule has 0 atom stereocenters. The predicted octanol–water partition coefficient (Wildman–Crippen LogP) is 15.4. The number of hydrogen-bond donors (Lipinski definition) is 0. The van der Waals surface area contributed by atoms with Crippen molar-refractivity contribution in [2.75, 3.05) is 4.90 Å². The first-order chi connectivity index (χ1) is 29.2. The Bertz CT molecular complexity index is 3490. The maximum atomic E-state index is 6.49. The van der Waals surface area contributed by atoms with Gasteiger partial charge in [0.25, 0.3) is 0 Å². The van der Waals surface area contributed by atoms with Crippen LogP contribution in [0.4, 0.5) is 17.1 Å². The molecule has 59 heavy (non-hydrogen) atoms. The average molecular weight is 750 g/mol. The minimum absolute atomic E-state index is 0.388. The molecule has 13 rings (SSSR count). The number of furan rings is 1. The Morgan fingerprint density at radius 2 is 0.780 bits per heavy atom. The van der Waals surface area contributed by atoms with Crippen LogP contribution in [-0.2, 0) is 5.41 Å². The minimum atomic E-state index is -0.388. The SMILES string of the molecule is c1ccc2c(c1)-c1ccccc1C21c2ccccc2-c2cc(N(c3ccc4cc(-c5ccc6ccccc6c5)ccc4c3)c3ccc4c(c3)oc3ccccc34)ccc21. The van der Waals surface area contributed by atoms with Gasteiger partial charge in [-0.25, -0.2) is 0 Å². The van der Waals surface area contributed by atoms with Crippen molar-refractivity contribution in [2.45, 2.75) is 5.41 Å². The summed E-state index contributed by atoms with van der Waals surface area (Å²) < 4.78 is 6.49. The lowest BCUT2D eigenvalue weighted by molar-refractivity contribution is 0.669. The zero-order valence-electron chi connectivity index (χ0n) is 32.1. The van der Waals surface area contributed by atoms with Gasteiger partial charge in [-0.1, -0.05) is 152 Å². The Labute approximate surface area is 341 Å². The second-order valence-electron chi connectivity index (χ2n) is 16.0. The molecule has 2 nitrogen and oxygen atoms in total. The van der Waals surface area contributed by atoms with Gasteiger partial charge in [0.2, 0.25) is 0 Å². The summed E-state index contributed by atoms with van der Waals surface area (Å²) in [5, 5.41) is 7.15. The van der Waals surface area contributed by atoms with Gasteiger partial charge >= 0.3 is 0 Å². The van der Waals surface area contributed by atoms with Crippen molar-refractivity contribution in [3.8, 4) is 33.4 Å². The Morgan fingerprint density at radius 1 is 0.305 bits per heavy atom. The number of hydrogen-bond acceptors (Lipinski definition) is 2. The third-order valence-corrected chi connectivity index (χ3v) is 13.0. The van der Waals surface area contributed by atoms with Gasteiger partial charge in [-0.05, 0) is 132 Å². The van der Waals surface area contributed by atoms with E-state index in [0.717, 1.165) is 39.0 Å². The highest BCUT2D eigenvalue weighted by atomic mass is 16.3. The minimum Gasteiger partial charge on any atom is -0.456 e. The van der Waals surface area contributed by atoms with E-state index in [0.29, 0.717) is 0 Å². The molecular formula is C57H35NO. The lowest BCUT2D eigenvalue weighted by atomic mass is 9.70. The van der Waals surface area contributed by atoms with E-state index in [1.54, 1.807) is 0 Å². The van der Waals surface area contributed by atoms with Crippen molar-refractivity contribution in [2.24, 2.45) is 0 Å². The van der Waals surface area contributed by atoms with Crippen LogP contribution in [0.5, 0.6) is 0 Å². The van der Waals surface area contributed by atoms with Crippen molar-refractivity contribution >= 4 is 60.5 Å². The number of para-hydroxylation sites is 1. The fourth-order valence-electron chi connectivity index (χ4n) is 10.4. The number of anilines is 3. The molecule has 2 aliphatic carbocycles. The van der Waals surface area contributed by atoms with Gasteiger partial charge in [-0.15, -0.1) is 0 Å². The molecule has 0 saturated heterocycles. The normalized spacial score (nSPS) is 13.2. The van der Waals surface area contributed by atoms with Gasteiger partial charge in [0.1, 0.15) is 11.2 Å². The third-order valence-electron chi connectivity index (χ3n) is 13.0. The van der Waals surface area contributed by atoms with E-state index >= 15 is 0 Å². The van der Waals surface area contributed by atoms with E-state index < -0.39 is 0 Å². The van der Waals surface area contributed by atoms with Crippen molar-refractivity contribution in [3.63, 3.8) is 0 Å². The predicted molar refractivity (Wildman–Crippen MR) is 245 cm³/mol. The number of benzene rings is 10. The Morgan fingerprint density at radius 3 is 1.53 bits per heavy atom. The highest BCUT2D eigenvalue weighted by Gasteiger charge is 2.51. The Balaban J connectivity index is 1.00. The summed E-state index contributed by atoms with van der Waals surface area (Å²) in [6.45, 7) is 0. The molecule has 10 aromatic carbocycles. The Kier molecular flexibility index (Phi) is 6.68. The molecule has 0 amide bonds. The zero-order chi connectivity index (χ0) is 38.7. The van der Waals surface area contributed by atoms with E-state index in [4.69, 9.17) is 4.42 Å². The van der Waals surface area contributed by atoms with Gasteiger partial charge in [0.15, 0.2) is 0 Å². The van der Waals surface area contributed by atoms with Crippen LogP contribution in [0.25, 0.3) is 76.9 Å². The molecular weight excluding hydrogens is 715 g/mol. The second kappa shape index (κ2) is 12.2. The molecule has 1 spiro atoms. The monoisotopic (exact) mass is 749 g/mol. The molecule has 0 aliphatic heterocycles. The van der Waals surface area contributed by atoms with E-state index in [1.165, 1.54) is 77.2 Å². The molecule has 0 saturated carbocycles. The fraction of sp³-hybridized carbons (Fsp3) is 0.0175. The van der Waals surface area contributed by atoms with Crippen LogP contribution in [0.15, 0.2) is 217 Å². The maximum Gasteiger partial charge on any atom is 0.137 e. The highest BCUT2D eigenvalue weighted by molar-refractivity contribution is 6.06. The third kappa shape index (κ3) is 4.57. The summed E-state index contributed by atoms with van der Waals surface area (Å²) in [5.74, 6) is 0. The van der Waals surface area contributed by atoms with E-state index in [-0.39, 0.29) is 5.41 Å². The number of fused-ring (bicyclic) bond motifs is 15. The topological polar surface area (TPSA) is 16.4 Å². The molecule has 0 bridgehead atoms. The summed E-state index contributed by atoms with van der Waals surface area (Å²) in [7, 11) is 0. The summed E-state index contributed by atoms with van der Waals surface area (Å²) in [4.78, 5) is 2.40. The Hall–Kier alpha value is -7.68. The smallest absolute Gasteiger partial charge is 0.137 e. The van der Waals surface area contributed by atoms with Gasteiger partial charge < -0.3 is 9.32 Å². The van der Waals surface area contributed by atoms with Crippen molar-refractivity contribution < 1.29 is 4.42 Å². The quantitative estimate of drug-likeness (QED) is 0.178. The molecule has 2 heteroatoms. The molecule has 11 aromatic rings. The molecule has 2 aliphatic rings. The van der Waals surface area contributed by atoms with Crippen LogP contribution < -0.4 is 4.90 Å². The average Bonchev–Trinajstić information content (AvgIpc) is 3.92. The molecule has 1 aromatic heterocycles. The van der Waals surface area contributed by atoms with E-state index in [9.17, 15) is 0 Å². The summed E-state index contributed by atoms with van der Waals surface area (Å²) in [6.07, 6.45) is 0. The van der Waals surface area contributed by atoms with Crippen LogP contribution in [0.3, 0.4) is 0 Å². The standard InChI is InChI=1S/C57H35NO/c1-2-12-37-31-38(22-21-36(37)11-1)39-23-24-41-33-42(26-25-40(41)32-39)58(44-27-29-49-48-16-6-10-20-55(48)59-56(49)35-44)43-28-30-54-50(34-43)47-15-5-9-19-53(47)57(54)51-17-7-3-13-45(51)46-14-4-8-18-52(46)57/h1-35H. The first-order valence-corrected chi connectivity index (χ1v) is 20.4. The van der Waals surface area contributed by atoms with Gasteiger partial charge in [0, 0.05) is 33.9 Å². The second-order valence-corrected chi connectivity index (χ2v) is 16.0. The number of rotatable bonds is 4. The van der Waals surface area contributed by atoms with E-state index in [2.05, 4.69) is 211 Å². The largest absolute Gasteiger partial charge is 0.456 e. The summed E-state index contributed by atoms with van der Waals surface area (Å²) >= 11 is 0. The van der Waals surface area contributed by atoms with Gasteiger partial charge in [0.05, 0.1) is 5.41 Å². The van der Waals surface area contributed by atoms with Gasteiger partial charge in [-0.2, -0.15) is 0 Å². The number of nitrogens with zero attached hydrogens (tertiary/aromatic N) is 1. The van der Waals surface area contributed by atoms with Crippen LogP contribution in [0.2, 0.25) is 0 Å². The van der Waals surface area contributed by atoms with Crippen molar-refractivity contribution in [3.05, 3.63) is 235 Å². The van der Waals surface area contributed by atoms with Gasteiger partial charge in [-0.3, -0.25) is 0 Å². The lowest BCUT2D eigenvalue weighted by Crippen LogP contribution is -2.25. The maximum absolute atomic E-state index is 6.49. The van der Waals surface area contributed by atoms with E-state index in [1.807, 2.05) is 6.07 Å². The zero-order valence-corrected chi connectivity index (χ0v) is 32.1.